The quantitative estimate of drug-likeness (QED) is 0.846. The first kappa shape index (κ1) is 12.7. The minimum absolute atomic E-state index is 0.0469. The van der Waals surface area contributed by atoms with E-state index < -0.39 is 0 Å². The molecule has 2 unspecified atom stereocenters. The van der Waals surface area contributed by atoms with Gasteiger partial charge in [-0.25, -0.2) is 0 Å². The van der Waals surface area contributed by atoms with Gasteiger partial charge in [-0.3, -0.25) is 4.98 Å². The fourth-order valence-electron chi connectivity index (χ4n) is 1.99. The molecule has 0 bridgehead atoms. The Morgan fingerprint density at radius 3 is 2.33 bits per heavy atom. The first-order valence-electron chi connectivity index (χ1n) is 6.13. The zero-order chi connectivity index (χ0) is 12.8. The van der Waals surface area contributed by atoms with Crippen LogP contribution in [0.15, 0.2) is 54.9 Å². The van der Waals surface area contributed by atoms with E-state index in [1.165, 1.54) is 5.56 Å². The molecule has 2 aromatic rings. The Kier molecular flexibility index (Phi) is 4.45. The Morgan fingerprint density at radius 1 is 1.06 bits per heavy atom. The van der Waals surface area contributed by atoms with Crippen molar-refractivity contribution in [3.8, 4) is 0 Å². The van der Waals surface area contributed by atoms with E-state index >= 15 is 0 Å². The molecule has 3 heteroatoms. The predicted molar refractivity (Wildman–Crippen MR) is 72.1 cm³/mol. The molecule has 1 aromatic carbocycles. The Bertz CT molecular complexity index is 458. The summed E-state index contributed by atoms with van der Waals surface area (Å²) in [6, 6.07) is 14.1. The van der Waals surface area contributed by atoms with Crippen LogP contribution in [-0.4, -0.2) is 16.7 Å². The van der Waals surface area contributed by atoms with Gasteiger partial charge in [0, 0.05) is 18.4 Å². The highest BCUT2D eigenvalue weighted by atomic mass is 16.3. The molecule has 0 saturated carbocycles. The first-order chi connectivity index (χ1) is 8.81. The van der Waals surface area contributed by atoms with Crippen LogP contribution in [0.2, 0.25) is 0 Å². The molecule has 1 aromatic heterocycles. The molecule has 2 N–H and O–H groups in total. The van der Waals surface area contributed by atoms with Gasteiger partial charge in [-0.05, 0) is 30.2 Å². The fraction of sp³-hybridized carbons (Fsp3) is 0.267. The van der Waals surface area contributed by atoms with Gasteiger partial charge in [0.25, 0.3) is 0 Å². The number of aliphatic hydroxyl groups excluding tert-OH is 1. The van der Waals surface area contributed by atoms with Gasteiger partial charge in [-0.15, -0.1) is 0 Å². The van der Waals surface area contributed by atoms with Gasteiger partial charge >= 0.3 is 0 Å². The zero-order valence-corrected chi connectivity index (χ0v) is 10.5. The zero-order valence-electron chi connectivity index (χ0n) is 10.5. The highest BCUT2D eigenvalue weighted by Crippen LogP contribution is 2.18. The molecule has 0 radical (unpaired) electrons. The van der Waals surface area contributed by atoms with Gasteiger partial charge in [-0.1, -0.05) is 30.3 Å². The third kappa shape index (κ3) is 3.15. The van der Waals surface area contributed by atoms with Crippen LogP contribution >= 0.6 is 0 Å². The standard InChI is InChI=1S/C15H18N2O/c1-12(13-7-9-16-10-8-13)17-15(11-18)14-5-3-2-4-6-14/h2-10,12,15,17-18H,11H2,1H3. The van der Waals surface area contributed by atoms with Gasteiger partial charge in [-0.2, -0.15) is 0 Å². The van der Waals surface area contributed by atoms with Gasteiger partial charge in [0.1, 0.15) is 0 Å². The molecule has 18 heavy (non-hydrogen) atoms. The van der Waals surface area contributed by atoms with Crippen molar-refractivity contribution in [2.75, 3.05) is 6.61 Å². The number of nitrogens with one attached hydrogen (secondary N) is 1. The number of rotatable bonds is 5. The molecular weight excluding hydrogens is 224 g/mol. The number of benzene rings is 1. The van der Waals surface area contributed by atoms with E-state index in [0.29, 0.717) is 0 Å². The molecule has 0 amide bonds. The molecule has 0 saturated heterocycles. The second-order valence-corrected chi connectivity index (χ2v) is 4.31. The summed E-state index contributed by atoms with van der Waals surface area (Å²) in [4.78, 5) is 4.01. The van der Waals surface area contributed by atoms with Gasteiger partial charge in [0.2, 0.25) is 0 Å². The summed E-state index contributed by atoms with van der Waals surface area (Å²) in [5.74, 6) is 0. The molecule has 0 aliphatic carbocycles. The van der Waals surface area contributed by atoms with Crippen LogP contribution in [0.4, 0.5) is 0 Å². The molecule has 0 aliphatic heterocycles. The predicted octanol–water partition coefficient (Wildman–Crippen LogP) is 2.47. The number of pyridine rings is 1. The number of aliphatic hydroxyl groups is 1. The maximum atomic E-state index is 9.50. The SMILES string of the molecule is CC(NC(CO)c1ccccc1)c1ccncc1. The lowest BCUT2D eigenvalue weighted by Crippen LogP contribution is -2.27. The minimum atomic E-state index is -0.0469. The normalized spacial score (nSPS) is 14.1. The fourth-order valence-corrected chi connectivity index (χ4v) is 1.99. The summed E-state index contributed by atoms with van der Waals surface area (Å²) < 4.78 is 0. The molecular formula is C15H18N2O. The van der Waals surface area contributed by atoms with Crippen molar-refractivity contribution in [1.29, 1.82) is 0 Å². The molecule has 2 atom stereocenters. The molecule has 3 nitrogen and oxygen atoms in total. The third-order valence-electron chi connectivity index (χ3n) is 3.04. The second-order valence-electron chi connectivity index (χ2n) is 4.31. The lowest BCUT2D eigenvalue weighted by molar-refractivity contribution is 0.235. The third-order valence-corrected chi connectivity index (χ3v) is 3.04. The van der Waals surface area contributed by atoms with Gasteiger partial charge < -0.3 is 10.4 Å². The smallest absolute Gasteiger partial charge is 0.0626 e. The van der Waals surface area contributed by atoms with E-state index in [4.69, 9.17) is 0 Å². The van der Waals surface area contributed by atoms with Gasteiger partial charge in [0.05, 0.1) is 12.6 Å². The van der Waals surface area contributed by atoms with Crippen molar-refractivity contribution >= 4 is 0 Å². The lowest BCUT2D eigenvalue weighted by Gasteiger charge is -2.22. The first-order valence-corrected chi connectivity index (χ1v) is 6.13. The number of hydrogen-bond acceptors (Lipinski definition) is 3. The number of nitrogens with zero attached hydrogens (tertiary/aromatic N) is 1. The van der Waals surface area contributed by atoms with Crippen molar-refractivity contribution in [3.05, 3.63) is 66.0 Å². The maximum Gasteiger partial charge on any atom is 0.0626 e. The number of hydrogen-bond donors (Lipinski definition) is 2. The molecule has 94 valence electrons. The summed E-state index contributed by atoms with van der Waals surface area (Å²) in [5, 5.41) is 12.9. The van der Waals surface area contributed by atoms with E-state index in [9.17, 15) is 5.11 Å². The molecule has 1 heterocycles. The van der Waals surface area contributed by atoms with E-state index in [1.54, 1.807) is 12.4 Å². The Hall–Kier alpha value is -1.71. The van der Waals surface area contributed by atoms with Crippen molar-refractivity contribution < 1.29 is 5.11 Å². The molecule has 2 rings (SSSR count). The topological polar surface area (TPSA) is 45.1 Å². The van der Waals surface area contributed by atoms with Crippen molar-refractivity contribution in [3.63, 3.8) is 0 Å². The van der Waals surface area contributed by atoms with Crippen LogP contribution in [0.1, 0.15) is 30.1 Å². The summed E-state index contributed by atoms with van der Waals surface area (Å²) in [7, 11) is 0. The van der Waals surface area contributed by atoms with Crippen LogP contribution in [-0.2, 0) is 0 Å². The molecule has 0 spiro atoms. The summed E-state index contributed by atoms with van der Waals surface area (Å²) in [6.07, 6.45) is 3.56. The van der Waals surface area contributed by atoms with Crippen LogP contribution in [0.5, 0.6) is 0 Å². The Labute approximate surface area is 108 Å². The van der Waals surface area contributed by atoms with Gasteiger partial charge in [0.15, 0.2) is 0 Å². The summed E-state index contributed by atoms with van der Waals surface area (Å²) in [6.45, 7) is 2.17. The van der Waals surface area contributed by atoms with Crippen LogP contribution in [0.25, 0.3) is 0 Å². The van der Waals surface area contributed by atoms with E-state index in [2.05, 4.69) is 17.2 Å². The maximum absolute atomic E-state index is 9.50. The highest BCUT2D eigenvalue weighted by molar-refractivity contribution is 5.21. The van der Waals surface area contributed by atoms with Crippen molar-refractivity contribution in [2.45, 2.75) is 19.0 Å². The molecule has 0 aliphatic rings. The number of aromatic nitrogens is 1. The van der Waals surface area contributed by atoms with E-state index in [-0.39, 0.29) is 18.7 Å². The van der Waals surface area contributed by atoms with Crippen molar-refractivity contribution in [2.24, 2.45) is 0 Å². The minimum Gasteiger partial charge on any atom is -0.394 e. The van der Waals surface area contributed by atoms with Crippen LogP contribution in [0, 0.1) is 0 Å². The van der Waals surface area contributed by atoms with Crippen molar-refractivity contribution in [1.82, 2.24) is 10.3 Å². The summed E-state index contributed by atoms with van der Waals surface area (Å²) >= 11 is 0. The second kappa shape index (κ2) is 6.28. The van der Waals surface area contributed by atoms with E-state index in [1.807, 2.05) is 42.5 Å². The van der Waals surface area contributed by atoms with Crippen LogP contribution in [0.3, 0.4) is 0 Å². The van der Waals surface area contributed by atoms with E-state index in [0.717, 1.165) is 5.56 Å². The average molecular weight is 242 g/mol. The highest BCUT2D eigenvalue weighted by Gasteiger charge is 2.13. The van der Waals surface area contributed by atoms with Crippen LogP contribution < -0.4 is 5.32 Å². The monoisotopic (exact) mass is 242 g/mol. The summed E-state index contributed by atoms with van der Waals surface area (Å²) in [5.41, 5.74) is 2.26. The Balaban J connectivity index is 2.07. The Morgan fingerprint density at radius 2 is 1.72 bits per heavy atom. The average Bonchev–Trinajstić information content (AvgIpc) is 2.46. The molecule has 0 fully saturated rings. The largest absolute Gasteiger partial charge is 0.394 e. The lowest BCUT2D eigenvalue weighted by atomic mass is 10.0.